The first-order chi connectivity index (χ1) is 7.10. The number of rotatable bonds is 3. The summed E-state index contributed by atoms with van der Waals surface area (Å²) < 4.78 is 0. The Kier molecular flexibility index (Phi) is 4.43. The van der Waals surface area contributed by atoms with Gasteiger partial charge >= 0.3 is 6.03 Å². The third-order valence-electron chi connectivity index (χ3n) is 3.82. The van der Waals surface area contributed by atoms with E-state index in [0.29, 0.717) is 12.0 Å². The molecule has 0 spiro atoms. The van der Waals surface area contributed by atoms with Gasteiger partial charge in [-0.15, -0.1) is 0 Å². The van der Waals surface area contributed by atoms with Gasteiger partial charge in [0.2, 0.25) is 0 Å². The Morgan fingerprint density at radius 3 is 2.27 bits per heavy atom. The number of amides is 2. The van der Waals surface area contributed by atoms with Gasteiger partial charge < -0.3 is 10.2 Å². The van der Waals surface area contributed by atoms with Crippen molar-refractivity contribution in [2.75, 3.05) is 13.1 Å². The van der Waals surface area contributed by atoms with E-state index >= 15 is 0 Å². The fraction of sp³-hybridized carbons (Fsp3) is 0.917. The molecule has 3 atom stereocenters. The molecule has 1 aliphatic rings. The van der Waals surface area contributed by atoms with Gasteiger partial charge in [-0.25, -0.2) is 4.79 Å². The van der Waals surface area contributed by atoms with Crippen molar-refractivity contribution in [3.05, 3.63) is 0 Å². The van der Waals surface area contributed by atoms with Crippen LogP contribution in [-0.2, 0) is 0 Å². The van der Waals surface area contributed by atoms with Gasteiger partial charge in [0.1, 0.15) is 0 Å². The SMILES string of the molecule is CCN(CC)C(=O)NC1CCC(C)C1C. The first-order valence-electron chi connectivity index (χ1n) is 6.15. The van der Waals surface area contributed by atoms with E-state index in [2.05, 4.69) is 19.2 Å². The highest BCUT2D eigenvalue weighted by Gasteiger charge is 2.31. The molecule has 0 aromatic heterocycles. The van der Waals surface area contributed by atoms with Gasteiger partial charge in [0.05, 0.1) is 0 Å². The second-order valence-electron chi connectivity index (χ2n) is 4.64. The summed E-state index contributed by atoms with van der Waals surface area (Å²) in [6.45, 7) is 10.1. The highest BCUT2D eigenvalue weighted by atomic mass is 16.2. The van der Waals surface area contributed by atoms with E-state index in [1.54, 1.807) is 0 Å². The number of nitrogens with zero attached hydrogens (tertiary/aromatic N) is 1. The van der Waals surface area contributed by atoms with Crippen LogP contribution >= 0.6 is 0 Å². The van der Waals surface area contributed by atoms with Gasteiger partial charge in [0.25, 0.3) is 0 Å². The quantitative estimate of drug-likeness (QED) is 0.766. The Hall–Kier alpha value is -0.730. The predicted molar refractivity (Wildman–Crippen MR) is 62.8 cm³/mol. The van der Waals surface area contributed by atoms with Crippen LogP contribution < -0.4 is 5.32 Å². The summed E-state index contributed by atoms with van der Waals surface area (Å²) in [5, 5.41) is 3.15. The highest BCUT2D eigenvalue weighted by Crippen LogP contribution is 2.31. The Balaban J connectivity index is 2.44. The van der Waals surface area contributed by atoms with Gasteiger partial charge in [-0.3, -0.25) is 0 Å². The second-order valence-corrected chi connectivity index (χ2v) is 4.64. The molecule has 0 heterocycles. The van der Waals surface area contributed by atoms with Gasteiger partial charge in [-0.1, -0.05) is 13.8 Å². The summed E-state index contributed by atoms with van der Waals surface area (Å²) in [6.07, 6.45) is 2.37. The molecule has 0 aromatic carbocycles. The lowest BCUT2D eigenvalue weighted by atomic mass is 9.98. The molecular weight excluding hydrogens is 188 g/mol. The van der Waals surface area contributed by atoms with Crippen molar-refractivity contribution in [1.82, 2.24) is 10.2 Å². The number of hydrogen-bond acceptors (Lipinski definition) is 1. The molecule has 0 aliphatic heterocycles. The lowest BCUT2D eigenvalue weighted by Gasteiger charge is -2.25. The molecule has 0 aromatic rings. The third kappa shape index (κ3) is 2.86. The average Bonchev–Trinajstić information content (AvgIpc) is 2.52. The molecular formula is C12H24N2O. The standard InChI is InChI=1S/C12H24N2O/c1-5-14(6-2)12(15)13-11-8-7-9(3)10(11)4/h9-11H,5-8H2,1-4H3,(H,13,15). The van der Waals surface area contributed by atoms with E-state index in [1.807, 2.05) is 18.7 Å². The zero-order valence-corrected chi connectivity index (χ0v) is 10.4. The van der Waals surface area contributed by atoms with E-state index in [0.717, 1.165) is 25.4 Å². The normalized spacial score (nSPS) is 30.3. The number of carbonyl (C=O) groups is 1. The molecule has 1 saturated carbocycles. The van der Waals surface area contributed by atoms with Crippen LogP contribution in [0.5, 0.6) is 0 Å². The minimum atomic E-state index is 0.103. The summed E-state index contributed by atoms with van der Waals surface area (Å²) in [7, 11) is 0. The van der Waals surface area contributed by atoms with Crippen LogP contribution in [0.15, 0.2) is 0 Å². The maximum Gasteiger partial charge on any atom is 0.317 e. The van der Waals surface area contributed by atoms with Crippen molar-refractivity contribution >= 4 is 6.03 Å². The van der Waals surface area contributed by atoms with Crippen molar-refractivity contribution in [2.45, 2.75) is 46.6 Å². The molecule has 1 aliphatic carbocycles. The Bertz CT molecular complexity index is 214. The fourth-order valence-corrected chi connectivity index (χ4v) is 2.33. The summed E-state index contributed by atoms with van der Waals surface area (Å²) in [5.41, 5.74) is 0. The van der Waals surface area contributed by atoms with Gasteiger partial charge in [0, 0.05) is 19.1 Å². The molecule has 0 radical (unpaired) electrons. The predicted octanol–water partition coefficient (Wildman–Crippen LogP) is 2.47. The van der Waals surface area contributed by atoms with Crippen LogP contribution in [0.25, 0.3) is 0 Å². The minimum Gasteiger partial charge on any atom is -0.335 e. The molecule has 0 saturated heterocycles. The van der Waals surface area contributed by atoms with E-state index in [9.17, 15) is 4.79 Å². The zero-order chi connectivity index (χ0) is 11.4. The van der Waals surface area contributed by atoms with Crippen LogP contribution in [0.4, 0.5) is 4.79 Å². The summed E-state index contributed by atoms with van der Waals surface area (Å²) in [4.78, 5) is 13.7. The van der Waals surface area contributed by atoms with Crippen molar-refractivity contribution in [2.24, 2.45) is 11.8 Å². The third-order valence-corrected chi connectivity index (χ3v) is 3.82. The fourth-order valence-electron chi connectivity index (χ4n) is 2.33. The summed E-state index contributed by atoms with van der Waals surface area (Å²) in [5.74, 6) is 1.36. The maximum absolute atomic E-state index is 11.8. The molecule has 1 N–H and O–H groups in total. The smallest absolute Gasteiger partial charge is 0.317 e. The van der Waals surface area contributed by atoms with Crippen LogP contribution in [0.1, 0.15) is 40.5 Å². The van der Waals surface area contributed by atoms with Crippen molar-refractivity contribution in [3.8, 4) is 0 Å². The molecule has 3 nitrogen and oxygen atoms in total. The van der Waals surface area contributed by atoms with E-state index in [1.165, 1.54) is 6.42 Å². The monoisotopic (exact) mass is 212 g/mol. The number of urea groups is 1. The Labute approximate surface area is 93.2 Å². The molecule has 15 heavy (non-hydrogen) atoms. The largest absolute Gasteiger partial charge is 0.335 e. The van der Waals surface area contributed by atoms with E-state index < -0.39 is 0 Å². The molecule has 0 bridgehead atoms. The Morgan fingerprint density at radius 2 is 1.87 bits per heavy atom. The summed E-state index contributed by atoms with van der Waals surface area (Å²) >= 11 is 0. The Morgan fingerprint density at radius 1 is 1.27 bits per heavy atom. The van der Waals surface area contributed by atoms with Crippen molar-refractivity contribution < 1.29 is 4.79 Å². The lowest BCUT2D eigenvalue weighted by molar-refractivity contribution is 0.195. The maximum atomic E-state index is 11.8. The molecule has 1 fully saturated rings. The molecule has 2 amide bonds. The van der Waals surface area contributed by atoms with Crippen LogP contribution in [0, 0.1) is 11.8 Å². The zero-order valence-electron chi connectivity index (χ0n) is 10.4. The first-order valence-corrected chi connectivity index (χ1v) is 6.15. The van der Waals surface area contributed by atoms with Crippen LogP contribution in [0.3, 0.4) is 0 Å². The summed E-state index contributed by atoms with van der Waals surface area (Å²) in [6, 6.07) is 0.485. The van der Waals surface area contributed by atoms with Gasteiger partial charge in [-0.2, -0.15) is 0 Å². The van der Waals surface area contributed by atoms with Gasteiger partial charge in [-0.05, 0) is 38.5 Å². The molecule has 3 unspecified atom stereocenters. The average molecular weight is 212 g/mol. The van der Waals surface area contributed by atoms with E-state index in [-0.39, 0.29) is 6.03 Å². The highest BCUT2D eigenvalue weighted by molar-refractivity contribution is 5.74. The number of carbonyl (C=O) groups excluding carboxylic acids is 1. The van der Waals surface area contributed by atoms with Crippen molar-refractivity contribution in [3.63, 3.8) is 0 Å². The van der Waals surface area contributed by atoms with Crippen LogP contribution in [-0.4, -0.2) is 30.1 Å². The van der Waals surface area contributed by atoms with Crippen LogP contribution in [0.2, 0.25) is 0 Å². The topological polar surface area (TPSA) is 32.3 Å². The lowest BCUT2D eigenvalue weighted by Crippen LogP contribution is -2.45. The number of nitrogens with one attached hydrogen (secondary N) is 1. The van der Waals surface area contributed by atoms with E-state index in [4.69, 9.17) is 0 Å². The minimum absolute atomic E-state index is 0.103. The van der Waals surface area contributed by atoms with Crippen molar-refractivity contribution in [1.29, 1.82) is 0 Å². The number of hydrogen-bond donors (Lipinski definition) is 1. The first kappa shape index (κ1) is 12.3. The molecule has 3 heteroatoms. The van der Waals surface area contributed by atoms with Gasteiger partial charge in [0.15, 0.2) is 0 Å². The molecule has 88 valence electrons. The molecule has 1 rings (SSSR count). The second kappa shape index (κ2) is 5.38.